The third-order valence-electron chi connectivity index (χ3n) is 5.52. The first kappa shape index (κ1) is 29.6. The largest absolute Gasteiger partial charge is 0.423 e. The molecule has 2 aromatic rings. The van der Waals surface area contributed by atoms with E-state index in [1.54, 1.807) is 27.7 Å². The number of nitrogens with zero attached hydrogens (tertiary/aromatic N) is 2. The molecule has 0 bridgehead atoms. The van der Waals surface area contributed by atoms with Crippen LogP contribution < -0.4 is 9.47 Å². The summed E-state index contributed by atoms with van der Waals surface area (Å²) >= 11 is 0. The summed E-state index contributed by atoms with van der Waals surface area (Å²) in [6, 6.07) is 10.9. The number of ether oxygens (including phenoxy) is 2. The van der Waals surface area contributed by atoms with Crippen LogP contribution in [0.4, 0.5) is 0 Å². The average Bonchev–Trinajstić information content (AvgIpc) is 2.93. The highest BCUT2D eigenvalue weighted by Crippen LogP contribution is 2.15. The summed E-state index contributed by atoms with van der Waals surface area (Å²) in [5, 5.41) is 0. The fraction of sp³-hybridized carbons (Fsp3) is 0.286. The van der Waals surface area contributed by atoms with Crippen LogP contribution in [0.1, 0.15) is 48.4 Å². The number of rotatable bonds is 12. The molecule has 2 rings (SSSR count). The van der Waals surface area contributed by atoms with E-state index in [-0.39, 0.29) is 22.6 Å². The molecule has 0 saturated carbocycles. The van der Waals surface area contributed by atoms with E-state index < -0.39 is 35.3 Å². The second-order valence-electron chi connectivity index (χ2n) is 7.84. The maximum atomic E-state index is 12.3. The Kier molecular flexibility index (Phi) is 11.1. The molecule has 2 aromatic carbocycles. The van der Waals surface area contributed by atoms with Crippen LogP contribution in [0.15, 0.2) is 60.7 Å². The zero-order valence-corrected chi connectivity index (χ0v) is 21.8. The van der Waals surface area contributed by atoms with E-state index in [1.165, 1.54) is 58.3 Å². The van der Waals surface area contributed by atoms with Gasteiger partial charge in [0.25, 0.3) is 11.8 Å². The van der Waals surface area contributed by atoms with Gasteiger partial charge in [-0.05, 0) is 76.2 Å². The van der Waals surface area contributed by atoms with E-state index in [9.17, 15) is 28.8 Å². The Balaban J connectivity index is 1.91. The van der Waals surface area contributed by atoms with Gasteiger partial charge in [0.1, 0.15) is 11.5 Å². The smallest absolute Gasteiger partial charge is 0.336 e. The quantitative estimate of drug-likeness (QED) is 0.137. The number of carbonyl (C=O) groups excluding carboxylic acids is 6. The number of benzene rings is 2. The van der Waals surface area contributed by atoms with Gasteiger partial charge < -0.3 is 19.3 Å². The molecule has 38 heavy (non-hydrogen) atoms. The van der Waals surface area contributed by atoms with Crippen molar-refractivity contribution < 1.29 is 38.2 Å². The van der Waals surface area contributed by atoms with Crippen molar-refractivity contribution in [3.05, 3.63) is 71.8 Å². The molecule has 0 heterocycles. The van der Waals surface area contributed by atoms with Crippen molar-refractivity contribution in [2.45, 2.75) is 27.7 Å². The molecule has 0 aliphatic carbocycles. The van der Waals surface area contributed by atoms with Gasteiger partial charge in [-0.3, -0.25) is 19.2 Å². The SMILES string of the molecule is CCN(CC)C(=O)C(=O)c1ccc(OC(=O)/C=C/C(=O)Oc2ccc(C(=O)C(=O)N(CC)CC)cc2)cc1. The Bertz CT molecular complexity index is 1110. The number of amides is 2. The first-order chi connectivity index (χ1) is 18.1. The lowest BCUT2D eigenvalue weighted by Crippen LogP contribution is -2.36. The molecule has 200 valence electrons. The molecule has 0 unspecified atom stereocenters. The van der Waals surface area contributed by atoms with E-state index in [4.69, 9.17) is 9.47 Å². The van der Waals surface area contributed by atoms with Crippen LogP contribution >= 0.6 is 0 Å². The molecule has 0 aliphatic rings. The van der Waals surface area contributed by atoms with Gasteiger partial charge in [0, 0.05) is 49.5 Å². The molecular formula is C28H30N2O8. The number of likely N-dealkylation sites (N-methyl/N-ethyl adjacent to an activating group) is 2. The average molecular weight is 523 g/mol. The molecule has 0 aromatic heterocycles. The summed E-state index contributed by atoms with van der Waals surface area (Å²) in [7, 11) is 0. The highest BCUT2D eigenvalue weighted by molar-refractivity contribution is 6.43. The predicted octanol–water partition coefficient (Wildman–Crippen LogP) is 2.86. The van der Waals surface area contributed by atoms with Crippen LogP contribution in [0.5, 0.6) is 11.5 Å². The third kappa shape index (κ3) is 7.95. The van der Waals surface area contributed by atoms with Crippen LogP contribution in [0.25, 0.3) is 0 Å². The van der Waals surface area contributed by atoms with Gasteiger partial charge in [-0.2, -0.15) is 0 Å². The Hall–Kier alpha value is -4.60. The summed E-state index contributed by atoms with van der Waals surface area (Å²) in [6.07, 6.45) is 1.73. The normalized spacial score (nSPS) is 10.5. The van der Waals surface area contributed by atoms with Crippen LogP contribution in [0, 0.1) is 0 Å². The van der Waals surface area contributed by atoms with Crippen LogP contribution in [0.2, 0.25) is 0 Å². The number of ketones is 2. The predicted molar refractivity (Wildman–Crippen MR) is 138 cm³/mol. The maximum absolute atomic E-state index is 12.3. The lowest BCUT2D eigenvalue weighted by molar-refractivity contribution is -0.131. The first-order valence-electron chi connectivity index (χ1n) is 12.1. The molecule has 2 amide bonds. The second-order valence-corrected chi connectivity index (χ2v) is 7.84. The monoisotopic (exact) mass is 522 g/mol. The van der Waals surface area contributed by atoms with Crippen molar-refractivity contribution in [1.82, 2.24) is 9.80 Å². The molecule has 0 atom stereocenters. The molecule has 10 nitrogen and oxygen atoms in total. The van der Waals surface area contributed by atoms with Crippen LogP contribution in [0.3, 0.4) is 0 Å². The second kappa shape index (κ2) is 14.2. The lowest BCUT2D eigenvalue weighted by atomic mass is 10.1. The highest BCUT2D eigenvalue weighted by atomic mass is 16.5. The van der Waals surface area contributed by atoms with Gasteiger partial charge in [0.05, 0.1) is 0 Å². The minimum atomic E-state index is -0.865. The zero-order valence-electron chi connectivity index (χ0n) is 21.8. The summed E-state index contributed by atoms with van der Waals surface area (Å²) in [4.78, 5) is 75.8. The van der Waals surface area contributed by atoms with E-state index in [0.29, 0.717) is 26.2 Å². The highest BCUT2D eigenvalue weighted by Gasteiger charge is 2.22. The van der Waals surface area contributed by atoms with E-state index in [1.807, 2.05) is 0 Å². The van der Waals surface area contributed by atoms with Gasteiger partial charge in [-0.25, -0.2) is 9.59 Å². The molecular weight excluding hydrogens is 492 g/mol. The van der Waals surface area contributed by atoms with Crippen molar-refractivity contribution in [2.75, 3.05) is 26.2 Å². The molecule has 10 heteroatoms. The molecule has 0 radical (unpaired) electrons. The van der Waals surface area contributed by atoms with Crippen molar-refractivity contribution in [2.24, 2.45) is 0 Å². The first-order valence-corrected chi connectivity index (χ1v) is 12.1. The van der Waals surface area contributed by atoms with Gasteiger partial charge in [0.15, 0.2) is 0 Å². The number of esters is 2. The Morgan fingerprint density at radius 3 is 1.11 bits per heavy atom. The fourth-order valence-electron chi connectivity index (χ4n) is 3.34. The van der Waals surface area contributed by atoms with Crippen LogP contribution in [-0.2, 0) is 19.2 Å². The minimum Gasteiger partial charge on any atom is -0.423 e. The van der Waals surface area contributed by atoms with E-state index in [2.05, 4.69) is 0 Å². The molecule has 0 spiro atoms. The minimum absolute atomic E-state index is 0.111. The Morgan fingerprint density at radius 1 is 0.553 bits per heavy atom. The lowest BCUT2D eigenvalue weighted by Gasteiger charge is -2.17. The van der Waals surface area contributed by atoms with Gasteiger partial charge >= 0.3 is 11.9 Å². The van der Waals surface area contributed by atoms with Crippen molar-refractivity contribution in [3.63, 3.8) is 0 Å². The summed E-state index contributed by atoms with van der Waals surface area (Å²) < 4.78 is 10.2. The van der Waals surface area contributed by atoms with Crippen molar-refractivity contribution >= 4 is 35.3 Å². The van der Waals surface area contributed by atoms with Gasteiger partial charge in [-0.1, -0.05) is 0 Å². The summed E-state index contributed by atoms with van der Waals surface area (Å²) in [6.45, 7) is 8.74. The van der Waals surface area contributed by atoms with Gasteiger partial charge in [0.2, 0.25) is 11.6 Å². The summed E-state index contributed by atoms with van der Waals surface area (Å²) in [5.41, 5.74) is 0.317. The molecule has 0 N–H and O–H groups in total. The number of Topliss-reactive ketones (excluding diaryl/α,β-unsaturated/α-hetero) is 2. The zero-order chi connectivity index (χ0) is 28.2. The number of hydrogen-bond donors (Lipinski definition) is 0. The Morgan fingerprint density at radius 2 is 0.842 bits per heavy atom. The third-order valence-corrected chi connectivity index (χ3v) is 5.52. The van der Waals surface area contributed by atoms with Crippen molar-refractivity contribution in [1.29, 1.82) is 0 Å². The summed E-state index contributed by atoms with van der Waals surface area (Å²) in [5.74, 6) is -4.07. The molecule has 0 fully saturated rings. The molecule has 0 aliphatic heterocycles. The standard InChI is InChI=1S/C28H30N2O8/c1-5-29(6-2)27(35)25(33)19-9-13-21(14-10-19)37-23(31)17-18-24(32)38-22-15-11-20(12-16-22)26(34)28(36)30(7-3)8-4/h9-18H,5-8H2,1-4H3/b18-17+. The van der Waals surface area contributed by atoms with E-state index >= 15 is 0 Å². The number of hydrogen-bond acceptors (Lipinski definition) is 8. The topological polar surface area (TPSA) is 127 Å². The maximum Gasteiger partial charge on any atom is 0.336 e. The van der Waals surface area contributed by atoms with Crippen molar-refractivity contribution in [3.8, 4) is 11.5 Å². The Labute approximate surface area is 220 Å². The van der Waals surface area contributed by atoms with Gasteiger partial charge in [-0.15, -0.1) is 0 Å². The number of carbonyl (C=O) groups is 6. The molecule has 0 saturated heterocycles. The van der Waals surface area contributed by atoms with Crippen LogP contribution in [-0.4, -0.2) is 71.3 Å². The fourth-order valence-corrected chi connectivity index (χ4v) is 3.34. The van der Waals surface area contributed by atoms with E-state index in [0.717, 1.165) is 12.2 Å².